The Bertz CT molecular complexity index is 699. The summed E-state index contributed by atoms with van der Waals surface area (Å²) in [5.74, 6) is 0.641. The number of aryl methyl sites for hydroxylation is 2. The fourth-order valence-corrected chi connectivity index (χ4v) is 2.29. The Morgan fingerprint density at radius 1 is 1.30 bits per heavy atom. The van der Waals surface area contributed by atoms with Crippen LogP contribution in [0.4, 0.5) is 5.69 Å². The molecule has 5 heteroatoms. The Kier molecular flexibility index (Phi) is 5.71. The van der Waals surface area contributed by atoms with Gasteiger partial charge in [0.25, 0.3) is 0 Å². The van der Waals surface area contributed by atoms with Crippen LogP contribution in [0.3, 0.4) is 0 Å². The zero-order valence-electron chi connectivity index (χ0n) is 13.7. The molecular weight excluding hydrogens is 292 g/mol. The van der Waals surface area contributed by atoms with Crippen LogP contribution in [0, 0.1) is 20.8 Å². The van der Waals surface area contributed by atoms with E-state index in [2.05, 4.69) is 16.4 Å². The van der Waals surface area contributed by atoms with E-state index in [-0.39, 0.29) is 18.9 Å². The van der Waals surface area contributed by atoms with Crippen molar-refractivity contribution >= 4 is 11.6 Å². The molecular formula is C18H22N2O3. The lowest BCUT2D eigenvalue weighted by Crippen LogP contribution is -2.16. The Morgan fingerprint density at radius 3 is 2.83 bits per heavy atom. The normalized spacial score (nSPS) is 10.4. The molecule has 1 aromatic carbocycles. The van der Waals surface area contributed by atoms with Gasteiger partial charge in [-0.2, -0.15) is 0 Å². The minimum Gasteiger partial charge on any atom is -0.493 e. The Labute approximate surface area is 136 Å². The average Bonchev–Trinajstić information content (AvgIpc) is 2.52. The maximum Gasteiger partial charge on any atom is 0.227 e. The highest BCUT2D eigenvalue weighted by Gasteiger charge is 2.08. The number of pyridine rings is 1. The smallest absolute Gasteiger partial charge is 0.227 e. The first-order valence-electron chi connectivity index (χ1n) is 7.55. The highest BCUT2D eigenvalue weighted by atomic mass is 16.5. The number of anilines is 1. The molecule has 1 aromatic heterocycles. The SMILES string of the molecule is Cc1cc(C)c(C)c(OCCC(=O)Nc2cnccc2CO)c1. The lowest BCUT2D eigenvalue weighted by molar-refractivity contribution is -0.116. The second-order valence-electron chi connectivity index (χ2n) is 5.54. The standard InChI is InChI=1S/C18H22N2O3/c1-12-8-13(2)14(3)17(9-12)23-7-5-18(22)20-16-10-19-6-4-15(16)11-21/h4,6,8-10,21H,5,7,11H2,1-3H3,(H,20,22). The number of nitrogens with zero attached hydrogens (tertiary/aromatic N) is 1. The van der Waals surface area contributed by atoms with Crippen molar-refractivity contribution < 1.29 is 14.6 Å². The van der Waals surface area contributed by atoms with E-state index in [1.165, 1.54) is 11.8 Å². The lowest BCUT2D eigenvalue weighted by atomic mass is 10.1. The molecule has 1 heterocycles. The zero-order valence-corrected chi connectivity index (χ0v) is 13.7. The van der Waals surface area contributed by atoms with Crippen molar-refractivity contribution in [3.63, 3.8) is 0 Å². The molecule has 1 amide bonds. The summed E-state index contributed by atoms with van der Waals surface area (Å²) in [6, 6.07) is 5.75. The highest BCUT2D eigenvalue weighted by molar-refractivity contribution is 5.91. The van der Waals surface area contributed by atoms with Crippen molar-refractivity contribution in [2.45, 2.75) is 33.8 Å². The van der Waals surface area contributed by atoms with Crippen molar-refractivity contribution in [3.05, 3.63) is 52.8 Å². The van der Waals surface area contributed by atoms with Gasteiger partial charge in [0, 0.05) is 11.8 Å². The zero-order chi connectivity index (χ0) is 16.8. The number of aliphatic hydroxyl groups is 1. The third-order valence-corrected chi connectivity index (χ3v) is 3.71. The summed E-state index contributed by atoms with van der Waals surface area (Å²) >= 11 is 0. The van der Waals surface area contributed by atoms with Crippen LogP contribution in [-0.4, -0.2) is 22.6 Å². The molecule has 0 aliphatic carbocycles. The topological polar surface area (TPSA) is 71.5 Å². The predicted octanol–water partition coefficient (Wildman–Crippen LogP) is 2.91. The highest BCUT2D eigenvalue weighted by Crippen LogP contribution is 2.23. The first-order valence-corrected chi connectivity index (χ1v) is 7.55. The third kappa shape index (κ3) is 4.53. The number of aromatic nitrogens is 1. The number of rotatable bonds is 6. The van der Waals surface area contributed by atoms with E-state index in [4.69, 9.17) is 4.74 Å². The maximum atomic E-state index is 12.0. The number of hydrogen-bond donors (Lipinski definition) is 2. The summed E-state index contributed by atoms with van der Waals surface area (Å²) in [6.45, 7) is 6.22. The second kappa shape index (κ2) is 7.74. The average molecular weight is 314 g/mol. The number of ether oxygens (including phenoxy) is 1. The van der Waals surface area contributed by atoms with Crippen molar-refractivity contribution in [2.75, 3.05) is 11.9 Å². The largest absolute Gasteiger partial charge is 0.493 e. The Hall–Kier alpha value is -2.40. The van der Waals surface area contributed by atoms with Gasteiger partial charge in [0.2, 0.25) is 5.91 Å². The van der Waals surface area contributed by atoms with Crippen LogP contribution in [-0.2, 0) is 11.4 Å². The summed E-state index contributed by atoms with van der Waals surface area (Å²) in [4.78, 5) is 15.9. The van der Waals surface area contributed by atoms with E-state index in [9.17, 15) is 9.90 Å². The molecule has 122 valence electrons. The summed E-state index contributed by atoms with van der Waals surface area (Å²) < 4.78 is 5.74. The molecule has 0 saturated heterocycles. The summed E-state index contributed by atoms with van der Waals surface area (Å²) in [7, 11) is 0. The first kappa shape index (κ1) is 17.0. The minimum absolute atomic E-state index is 0.142. The molecule has 0 saturated carbocycles. The second-order valence-corrected chi connectivity index (χ2v) is 5.54. The van der Waals surface area contributed by atoms with Gasteiger partial charge in [-0.1, -0.05) is 6.07 Å². The maximum absolute atomic E-state index is 12.0. The number of aliphatic hydroxyl groups excluding tert-OH is 1. The van der Waals surface area contributed by atoms with Crippen LogP contribution in [0.2, 0.25) is 0 Å². The van der Waals surface area contributed by atoms with Crippen LogP contribution >= 0.6 is 0 Å². The molecule has 23 heavy (non-hydrogen) atoms. The van der Waals surface area contributed by atoms with Crippen molar-refractivity contribution in [3.8, 4) is 5.75 Å². The van der Waals surface area contributed by atoms with Crippen LogP contribution in [0.25, 0.3) is 0 Å². The quantitative estimate of drug-likeness (QED) is 0.860. The molecule has 0 spiro atoms. The molecule has 5 nitrogen and oxygen atoms in total. The fourth-order valence-electron chi connectivity index (χ4n) is 2.29. The van der Waals surface area contributed by atoms with E-state index >= 15 is 0 Å². The van der Waals surface area contributed by atoms with Crippen LogP contribution in [0.5, 0.6) is 5.75 Å². The van der Waals surface area contributed by atoms with Gasteiger partial charge in [0.05, 0.1) is 31.5 Å². The fraction of sp³-hybridized carbons (Fsp3) is 0.333. The minimum atomic E-state index is -0.172. The number of carbonyl (C=O) groups excluding carboxylic acids is 1. The molecule has 0 unspecified atom stereocenters. The number of carbonyl (C=O) groups is 1. The van der Waals surface area contributed by atoms with E-state index in [1.807, 2.05) is 26.8 Å². The summed E-state index contributed by atoms with van der Waals surface area (Å²) in [6.07, 6.45) is 3.33. The number of amides is 1. The van der Waals surface area contributed by atoms with Gasteiger partial charge in [0.15, 0.2) is 0 Å². The van der Waals surface area contributed by atoms with Crippen LogP contribution in [0.1, 0.15) is 28.7 Å². The molecule has 0 bridgehead atoms. The molecule has 0 atom stereocenters. The number of hydrogen-bond acceptors (Lipinski definition) is 4. The third-order valence-electron chi connectivity index (χ3n) is 3.71. The van der Waals surface area contributed by atoms with Gasteiger partial charge in [-0.15, -0.1) is 0 Å². The van der Waals surface area contributed by atoms with E-state index < -0.39 is 0 Å². The van der Waals surface area contributed by atoms with Gasteiger partial charge in [-0.25, -0.2) is 0 Å². The van der Waals surface area contributed by atoms with Gasteiger partial charge >= 0.3 is 0 Å². The molecule has 0 fully saturated rings. The Morgan fingerprint density at radius 2 is 2.09 bits per heavy atom. The van der Waals surface area contributed by atoms with Gasteiger partial charge < -0.3 is 15.2 Å². The van der Waals surface area contributed by atoms with Crippen LogP contribution < -0.4 is 10.1 Å². The van der Waals surface area contributed by atoms with Crippen molar-refractivity contribution in [1.82, 2.24) is 4.98 Å². The van der Waals surface area contributed by atoms with Crippen molar-refractivity contribution in [1.29, 1.82) is 0 Å². The monoisotopic (exact) mass is 314 g/mol. The van der Waals surface area contributed by atoms with Gasteiger partial charge in [-0.3, -0.25) is 9.78 Å². The lowest BCUT2D eigenvalue weighted by Gasteiger charge is -2.13. The van der Waals surface area contributed by atoms with E-state index in [0.717, 1.165) is 16.9 Å². The molecule has 0 aliphatic heterocycles. The molecule has 0 radical (unpaired) electrons. The molecule has 2 rings (SSSR count). The van der Waals surface area contributed by atoms with Gasteiger partial charge in [0.1, 0.15) is 5.75 Å². The van der Waals surface area contributed by atoms with Crippen molar-refractivity contribution in [2.24, 2.45) is 0 Å². The molecule has 0 aliphatic rings. The summed E-state index contributed by atoms with van der Waals surface area (Å²) in [5.41, 5.74) is 4.57. The number of benzene rings is 1. The van der Waals surface area contributed by atoms with E-state index in [0.29, 0.717) is 17.9 Å². The Balaban J connectivity index is 1.90. The summed E-state index contributed by atoms with van der Waals surface area (Å²) in [5, 5.41) is 12.0. The molecule has 2 N–H and O–H groups in total. The van der Waals surface area contributed by atoms with Crippen LogP contribution in [0.15, 0.2) is 30.6 Å². The molecule has 2 aromatic rings. The van der Waals surface area contributed by atoms with E-state index in [1.54, 1.807) is 12.3 Å². The first-order chi connectivity index (χ1) is 11.0. The number of nitrogens with one attached hydrogen (secondary N) is 1. The van der Waals surface area contributed by atoms with Gasteiger partial charge in [-0.05, 0) is 49.6 Å². The predicted molar refractivity (Wildman–Crippen MR) is 89.6 cm³/mol.